The molecule has 4 heteroatoms. The van der Waals surface area contributed by atoms with Crippen molar-refractivity contribution < 1.29 is 14.3 Å². The molecule has 0 aliphatic rings. The summed E-state index contributed by atoms with van der Waals surface area (Å²) < 4.78 is 12.9. The molecule has 0 bridgehead atoms. The molecular weight excluding hydrogens is 233 g/mol. The van der Waals surface area contributed by atoms with Gasteiger partial charge < -0.3 is 5.11 Å². The molecule has 0 aromatic heterocycles. The Labute approximate surface area is 107 Å². The van der Waals surface area contributed by atoms with Gasteiger partial charge in [0.25, 0.3) is 0 Å². The number of carboxylic acid groups (broad SMARTS) is 1. The van der Waals surface area contributed by atoms with Crippen LogP contribution < -0.4 is 0 Å². The minimum Gasteiger partial charge on any atom is -0.480 e. The molecule has 1 unspecified atom stereocenters. The predicted molar refractivity (Wildman–Crippen MR) is 68.9 cm³/mol. The van der Waals surface area contributed by atoms with Crippen LogP contribution in [0.3, 0.4) is 0 Å². The molecule has 1 N–H and O–H groups in total. The Morgan fingerprint density at radius 3 is 2.28 bits per heavy atom. The van der Waals surface area contributed by atoms with E-state index in [1.807, 2.05) is 25.7 Å². The van der Waals surface area contributed by atoms with E-state index in [-0.39, 0.29) is 24.4 Å². The van der Waals surface area contributed by atoms with Crippen LogP contribution in [-0.2, 0) is 4.79 Å². The van der Waals surface area contributed by atoms with Gasteiger partial charge in [0.1, 0.15) is 5.82 Å². The van der Waals surface area contributed by atoms with E-state index >= 15 is 0 Å². The molecule has 1 aromatic rings. The molecule has 1 rings (SSSR count). The summed E-state index contributed by atoms with van der Waals surface area (Å²) in [6, 6.07) is 6.40. The van der Waals surface area contributed by atoms with Crippen molar-refractivity contribution >= 4 is 5.97 Å². The van der Waals surface area contributed by atoms with Gasteiger partial charge in [-0.15, -0.1) is 0 Å². The van der Waals surface area contributed by atoms with E-state index in [0.29, 0.717) is 0 Å². The first-order valence-corrected chi connectivity index (χ1v) is 6.18. The van der Waals surface area contributed by atoms with E-state index in [9.17, 15) is 9.18 Å². The molecule has 0 fully saturated rings. The zero-order chi connectivity index (χ0) is 13.7. The maximum atomic E-state index is 12.9. The first-order chi connectivity index (χ1) is 8.45. The Kier molecular flexibility index (Phi) is 5.28. The summed E-state index contributed by atoms with van der Waals surface area (Å²) in [5.74, 6) is -1.12. The van der Waals surface area contributed by atoms with Crippen molar-refractivity contribution in [2.45, 2.75) is 39.3 Å². The van der Waals surface area contributed by atoms with Crippen LogP contribution in [0.25, 0.3) is 0 Å². The maximum absolute atomic E-state index is 12.9. The lowest BCUT2D eigenvalue weighted by atomic mass is 10.0. The van der Waals surface area contributed by atoms with Crippen molar-refractivity contribution in [3.63, 3.8) is 0 Å². The molecule has 0 heterocycles. The lowest BCUT2D eigenvalue weighted by molar-refractivity contribution is -0.139. The second-order valence-corrected chi connectivity index (χ2v) is 4.64. The standard InChI is InChI=1S/C14H20FNO2/c1-4-13(11-5-7-12(15)8-6-11)16(10(2)3)9-14(17)18/h5-8,10,13H,4,9H2,1-3H3,(H,17,18). The highest BCUT2D eigenvalue weighted by atomic mass is 19.1. The Bertz CT molecular complexity index is 389. The molecule has 0 aliphatic heterocycles. The summed E-state index contributed by atoms with van der Waals surface area (Å²) in [7, 11) is 0. The molecule has 0 saturated carbocycles. The second-order valence-electron chi connectivity index (χ2n) is 4.64. The van der Waals surface area contributed by atoms with Crippen LogP contribution in [0.15, 0.2) is 24.3 Å². The Balaban J connectivity index is 2.97. The number of nitrogens with zero attached hydrogens (tertiary/aromatic N) is 1. The predicted octanol–water partition coefficient (Wildman–Crippen LogP) is 3.07. The van der Waals surface area contributed by atoms with Crippen LogP contribution in [0, 0.1) is 5.82 Å². The summed E-state index contributed by atoms with van der Waals surface area (Å²) in [4.78, 5) is 12.8. The van der Waals surface area contributed by atoms with Gasteiger partial charge in [0, 0.05) is 12.1 Å². The molecule has 3 nitrogen and oxygen atoms in total. The second kappa shape index (κ2) is 6.50. The molecule has 0 amide bonds. The average molecular weight is 253 g/mol. The maximum Gasteiger partial charge on any atom is 0.317 e. The number of halogens is 1. The molecular formula is C14H20FNO2. The van der Waals surface area contributed by atoms with E-state index in [1.165, 1.54) is 12.1 Å². The zero-order valence-electron chi connectivity index (χ0n) is 11.1. The molecule has 100 valence electrons. The highest BCUT2D eigenvalue weighted by molar-refractivity contribution is 5.69. The summed E-state index contributed by atoms with van der Waals surface area (Å²) in [5.41, 5.74) is 0.953. The molecule has 0 saturated heterocycles. The van der Waals surface area contributed by atoms with Gasteiger partial charge >= 0.3 is 5.97 Å². The number of carboxylic acids is 1. The monoisotopic (exact) mass is 253 g/mol. The van der Waals surface area contributed by atoms with Crippen LogP contribution in [-0.4, -0.2) is 28.6 Å². The van der Waals surface area contributed by atoms with Gasteiger partial charge in [-0.05, 0) is 38.0 Å². The molecule has 0 spiro atoms. The highest BCUT2D eigenvalue weighted by Gasteiger charge is 2.23. The normalized spacial score (nSPS) is 13.0. The highest BCUT2D eigenvalue weighted by Crippen LogP contribution is 2.26. The van der Waals surface area contributed by atoms with Gasteiger partial charge in [0.2, 0.25) is 0 Å². The molecule has 18 heavy (non-hydrogen) atoms. The number of carbonyl (C=O) groups is 1. The van der Waals surface area contributed by atoms with E-state index in [4.69, 9.17) is 5.11 Å². The topological polar surface area (TPSA) is 40.5 Å². The number of aliphatic carboxylic acids is 1. The molecule has 0 radical (unpaired) electrons. The molecule has 0 aliphatic carbocycles. The van der Waals surface area contributed by atoms with Gasteiger partial charge in [-0.2, -0.15) is 0 Å². The van der Waals surface area contributed by atoms with E-state index in [2.05, 4.69) is 0 Å². The van der Waals surface area contributed by atoms with Crippen molar-refractivity contribution in [1.82, 2.24) is 4.90 Å². The third kappa shape index (κ3) is 3.81. The Morgan fingerprint density at radius 1 is 1.33 bits per heavy atom. The minimum absolute atomic E-state index is 0.00157. The Hall–Kier alpha value is -1.42. The third-order valence-corrected chi connectivity index (χ3v) is 3.02. The molecule has 1 aromatic carbocycles. The first-order valence-electron chi connectivity index (χ1n) is 6.18. The lowest BCUT2D eigenvalue weighted by Crippen LogP contribution is -2.38. The number of benzene rings is 1. The van der Waals surface area contributed by atoms with E-state index in [0.717, 1.165) is 12.0 Å². The lowest BCUT2D eigenvalue weighted by Gasteiger charge is -2.33. The van der Waals surface area contributed by atoms with Crippen LogP contribution in [0.1, 0.15) is 38.8 Å². The molecule has 1 atom stereocenters. The van der Waals surface area contributed by atoms with Crippen LogP contribution in [0.2, 0.25) is 0 Å². The average Bonchev–Trinajstić information content (AvgIpc) is 2.30. The van der Waals surface area contributed by atoms with Crippen molar-refractivity contribution in [3.05, 3.63) is 35.6 Å². The summed E-state index contributed by atoms with van der Waals surface area (Å²) in [6.45, 7) is 5.93. The quantitative estimate of drug-likeness (QED) is 0.847. The van der Waals surface area contributed by atoms with Crippen molar-refractivity contribution in [2.24, 2.45) is 0 Å². The van der Waals surface area contributed by atoms with E-state index in [1.54, 1.807) is 12.1 Å². The van der Waals surface area contributed by atoms with Crippen molar-refractivity contribution in [1.29, 1.82) is 0 Å². The van der Waals surface area contributed by atoms with Crippen LogP contribution >= 0.6 is 0 Å². The number of rotatable bonds is 6. The fourth-order valence-corrected chi connectivity index (χ4v) is 2.16. The number of hydrogen-bond donors (Lipinski definition) is 1. The number of hydrogen-bond acceptors (Lipinski definition) is 2. The van der Waals surface area contributed by atoms with Gasteiger partial charge in [-0.25, -0.2) is 4.39 Å². The van der Waals surface area contributed by atoms with Gasteiger partial charge in [-0.3, -0.25) is 9.69 Å². The summed E-state index contributed by atoms with van der Waals surface area (Å²) in [6.07, 6.45) is 0.789. The van der Waals surface area contributed by atoms with Gasteiger partial charge in [0.05, 0.1) is 6.54 Å². The SMILES string of the molecule is CCC(c1ccc(F)cc1)N(CC(=O)O)C(C)C. The van der Waals surface area contributed by atoms with Crippen LogP contribution in [0.5, 0.6) is 0 Å². The van der Waals surface area contributed by atoms with Gasteiger partial charge in [-0.1, -0.05) is 19.1 Å². The smallest absolute Gasteiger partial charge is 0.317 e. The largest absolute Gasteiger partial charge is 0.480 e. The van der Waals surface area contributed by atoms with Crippen molar-refractivity contribution in [2.75, 3.05) is 6.54 Å². The van der Waals surface area contributed by atoms with Crippen LogP contribution in [0.4, 0.5) is 4.39 Å². The summed E-state index contributed by atoms with van der Waals surface area (Å²) in [5, 5.41) is 8.97. The third-order valence-electron chi connectivity index (χ3n) is 3.02. The van der Waals surface area contributed by atoms with Gasteiger partial charge in [0.15, 0.2) is 0 Å². The Morgan fingerprint density at radius 2 is 1.89 bits per heavy atom. The van der Waals surface area contributed by atoms with Crippen molar-refractivity contribution in [3.8, 4) is 0 Å². The fourth-order valence-electron chi connectivity index (χ4n) is 2.16. The summed E-state index contributed by atoms with van der Waals surface area (Å²) >= 11 is 0. The zero-order valence-corrected chi connectivity index (χ0v) is 11.1. The van der Waals surface area contributed by atoms with E-state index < -0.39 is 5.97 Å². The minimum atomic E-state index is -0.843. The fraction of sp³-hybridized carbons (Fsp3) is 0.500. The first kappa shape index (κ1) is 14.6.